The zero-order chi connectivity index (χ0) is 25.9. The van der Waals surface area contributed by atoms with Gasteiger partial charge in [-0.25, -0.2) is 4.98 Å². The van der Waals surface area contributed by atoms with Crippen LogP contribution in [0.3, 0.4) is 0 Å². The zero-order valence-electron chi connectivity index (χ0n) is 21.2. The van der Waals surface area contributed by atoms with Gasteiger partial charge in [-0.15, -0.1) is 0 Å². The highest BCUT2D eigenvalue weighted by Crippen LogP contribution is 2.41. The van der Waals surface area contributed by atoms with Crippen molar-refractivity contribution in [2.24, 2.45) is 0 Å². The Balaban J connectivity index is 1.49. The van der Waals surface area contributed by atoms with Crippen LogP contribution in [0, 0.1) is 20.8 Å². The van der Waals surface area contributed by atoms with Gasteiger partial charge in [-0.2, -0.15) is 0 Å². The number of carbonyl (C=O) groups is 1. The number of hydrogen-bond donors (Lipinski definition) is 2. The summed E-state index contributed by atoms with van der Waals surface area (Å²) >= 11 is 5.81. The van der Waals surface area contributed by atoms with Crippen LogP contribution in [0.2, 0.25) is 0 Å². The number of amides is 1. The molecule has 1 fully saturated rings. The van der Waals surface area contributed by atoms with E-state index in [0.29, 0.717) is 18.1 Å². The zero-order valence-corrected chi connectivity index (χ0v) is 22.0. The number of carbonyl (C=O) groups excluding carboxylic acids is 1. The third kappa shape index (κ3) is 4.97. The van der Waals surface area contributed by atoms with E-state index in [1.54, 1.807) is 6.20 Å². The number of aryl methyl sites for hydroxylation is 2. The Bertz CT molecular complexity index is 1420. The van der Waals surface area contributed by atoms with Crippen molar-refractivity contribution in [1.82, 2.24) is 24.8 Å². The fraction of sp³-hybridized carbons (Fsp3) is 0.241. The van der Waals surface area contributed by atoms with E-state index >= 15 is 0 Å². The molecule has 1 saturated heterocycles. The molecule has 2 N–H and O–H groups in total. The summed E-state index contributed by atoms with van der Waals surface area (Å²) < 4.78 is 2.20. The highest BCUT2D eigenvalue weighted by molar-refractivity contribution is 7.80. The standard InChI is InChI=1S/C29H30N6OS/c1-19-10-9-16-31-28(19)35-20(2)18-23(21(35)3)27-26(24-13-7-8-15-30-24)33-29(37)34(27)17-14-25(36)32-22-11-5-4-6-12-22/h4-13,15-16,18,26-27H,14,17H2,1-3H3,(H,32,36)(H,33,37)/t26-,27+/m0/s1. The second-order valence-electron chi connectivity index (χ2n) is 9.29. The number of para-hydroxylation sites is 1. The van der Waals surface area contributed by atoms with E-state index in [2.05, 4.69) is 63.0 Å². The fourth-order valence-electron chi connectivity index (χ4n) is 5.08. The molecule has 0 aliphatic carbocycles. The van der Waals surface area contributed by atoms with Crippen molar-refractivity contribution in [2.75, 3.05) is 11.9 Å². The maximum atomic E-state index is 12.8. The lowest BCUT2D eigenvalue weighted by atomic mass is 9.96. The first-order chi connectivity index (χ1) is 17.9. The minimum Gasteiger partial charge on any atom is -0.352 e. The van der Waals surface area contributed by atoms with E-state index in [-0.39, 0.29) is 18.0 Å². The number of nitrogens with zero attached hydrogens (tertiary/aromatic N) is 4. The van der Waals surface area contributed by atoms with Gasteiger partial charge < -0.3 is 20.1 Å². The minimum absolute atomic E-state index is 0.0522. The molecule has 0 spiro atoms. The highest BCUT2D eigenvalue weighted by Gasteiger charge is 2.41. The van der Waals surface area contributed by atoms with E-state index in [1.807, 2.05) is 60.8 Å². The number of rotatable bonds is 7. The fourth-order valence-corrected chi connectivity index (χ4v) is 5.41. The van der Waals surface area contributed by atoms with Gasteiger partial charge >= 0.3 is 0 Å². The summed E-state index contributed by atoms with van der Waals surface area (Å²) in [5.74, 6) is 0.865. The summed E-state index contributed by atoms with van der Waals surface area (Å²) in [6, 6.07) is 21.4. The smallest absolute Gasteiger partial charge is 0.226 e. The SMILES string of the molecule is Cc1cccnc1-n1c(C)cc([C@@H]2[C@H](c3ccccn3)NC(=S)N2CCC(=O)Nc2ccccc2)c1C. The Morgan fingerprint density at radius 1 is 1.00 bits per heavy atom. The molecular weight excluding hydrogens is 480 g/mol. The number of benzene rings is 1. The van der Waals surface area contributed by atoms with Crippen LogP contribution in [0.1, 0.15) is 46.7 Å². The van der Waals surface area contributed by atoms with Crippen molar-refractivity contribution in [2.45, 2.75) is 39.3 Å². The molecule has 188 valence electrons. The van der Waals surface area contributed by atoms with Gasteiger partial charge in [0.05, 0.1) is 17.8 Å². The Labute approximate surface area is 222 Å². The van der Waals surface area contributed by atoms with Gasteiger partial charge in [0.15, 0.2) is 5.11 Å². The summed E-state index contributed by atoms with van der Waals surface area (Å²) in [4.78, 5) is 24.2. The summed E-state index contributed by atoms with van der Waals surface area (Å²) in [5, 5.41) is 7.08. The topological polar surface area (TPSA) is 75.1 Å². The Morgan fingerprint density at radius 3 is 2.49 bits per heavy atom. The lowest BCUT2D eigenvalue weighted by molar-refractivity contribution is -0.116. The summed E-state index contributed by atoms with van der Waals surface area (Å²) in [7, 11) is 0. The molecule has 5 rings (SSSR count). The molecule has 8 heteroatoms. The molecule has 4 heterocycles. The first-order valence-electron chi connectivity index (χ1n) is 12.4. The van der Waals surface area contributed by atoms with Crippen molar-refractivity contribution >= 4 is 28.9 Å². The molecule has 1 aliphatic heterocycles. The van der Waals surface area contributed by atoms with Gasteiger partial charge in [-0.05, 0) is 80.5 Å². The van der Waals surface area contributed by atoms with E-state index < -0.39 is 0 Å². The van der Waals surface area contributed by atoms with E-state index in [1.165, 1.54) is 0 Å². The minimum atomic E-state index is -0.148. The first kappa shape index (κ1) is 24.6. The molecule has 1 amide bonds. The van der Waals surface area contributed by atoms with Crippen molar-refractivity contribution in [3.05, 3.63) is 107 Å². The summed E-state index contributed by atoms with van der Waals surface area (Å²) in [6.07, 6.45) is 3.93. The first-order valence-corrected chi connectivity index (χ1v) is 12.8. The number of thiocarbonyl (C=S) groups is 1. The number of anilines is 1. The average molecular weight is 511 g/mol. The van der Waals surface area contributed by atoms with Crippen LogP contribution in [-0.2, 0) is 4.79 Å². The second kappa shape index (κ2) is 10.5. The van der Waals surface area contributed by atoms with Crippen molar-refractivity contribution < 1.29 is 4.79 Å². The monoisotopic (exact) mass is 510 g/mol. The van der Waals surface area contributed by atoms with Gasteiger partial charge in [0.2, 0.25) is 5.91 Å². The number of pyridine rings is 2. The largest absolute Gasteiger partial charge is 0.352 e. The molecule has 37 heavy (non-hydrogen) atoms. The van der Waals surface area contributed by atoms with Crippen LogP contribution in [0.15, 0.2) is 79.1 Å². The molecule has 0 radical (unpaired) electrons. The van der Waals surface area contributed by atoms with E-state index in [9.17, 15) is 4.79 Å². The van der Waals surface area contributed by atoms with Crippen LogP contribution < -0.4 is 10.6 Å². The van der Waals surface area contributed by atoms with E-state index in [0.717, 1.165) is 39.7 Å². The molecule has 1 aliphatic rings. The second-order valence-corrected chi connectivity index (χ2v) is 9.68. The normalized spacial score (nSPS) is 17.1. The maximum Gasteiger partial charge on any atom is 0.226 e. The van der Waals surface area contributed by atoms with Crippen LogP contribution in [0.25, 0.3) is 5.82 Å². The lowest BCUT2D eigenvalue weighted by Gasteiger charge is -2.28. The van der Waals surface area contributed by atoms with Gasteiger partial charge in [0, 0.05) is 42.4 Å². The molecule has 7 nitrogen and oxygen atoms in total. The summed E-state index contributed by atoms with van der Waals surface area (Å²) in [5.41, 5.74) is 6.11. The van der Waals surface area contributed by atoms with Gasteiger partial charge in [0.25, 0.3) is 0 Å². The molecule has 1 aromatic carbocycles. The Morgan fingerprint density at radius 2 is 1.76 bits per heavy atom. The predicted octanol–water partition coefficient (Wildman–Crippen LogP) is 5.19. The van der Waals surface area contributed by atoms with Gasteiger partial charge in [0.1, 0.15) is 5.82 Å². The van der Waals surface area contributed by atoms with Crippen molar-refractivity contribution in [3.63, 3.8) is 0 Å². The molecule has 4 aromatic rings. The van der Waals surface area contributed by atoms with Crippen molar-refractivity contribution in [1.29, 1.82) is 0 Å². The molecular formula is C29H30N6OS. The van der Waals surface area contributed by atoms with Crippen LogP contribution in [0.5, 0.6) is 0 Å². The molecule has 0 saturated carbocycles. The average Bonchev–Trinajstić information content (AvgIpc) is 3.38. The number of aromatic nitrogens is 3. The van der Waals surface area contributed by atoms with Gasteiger partial charge in [-0.3, -0.25) is 9.78 Å². The highest BCUT2D eigenvalue weighted by atomic mass is 32.1. The number of nitrogens with one attached hydrogen (secondary N) is 2. The van der Waals surface area contributed by atoms with Crippen LogP contribution in [-0.4, -0.2) is 37.0 Å². The summed E-state index contributed by atoms with van der Waals surface area (Å²) in [6.45, 7) is 6.76. The van der Waals surface area contributed by atoms with Crippen LogP contribution >= 0.6 is 12.2 Å². The number of hydrogen-bond acceptors (Lipinski definition) is 4. The van der Waals surface area contributed by atoms with E-state index in [4.69, 9.17) is 12.2 Å². The van der Waals surface area contributed by atoms with Crippen LogP contribution in [0.4, 0.5) is 5.69 Å². The predicted molar refractivity (Wildman–Crippen MR) is 150 cm³/mol. The Kier molecular flexibility index (Phi) is 7.01. The Hall–Kier alpha value is -4.04. The van der Waals surface area contributed by atoms with Crippen molar-refractivity contribution in [3.8, 4) is 5.82 Å². The third-order valence-corrected chi connectivity index (χ3v) is 7.17. The maximum absolute atomic E-state index is 12.8. The third-order valence-electron chi connectivity index (χ3n) is 6.82. The molecule has 0 unspecified atom stereocenters. The molecule has 0 bridgehead atoms. The molecule has 3 aromatic heterocycles. The lowest BCUT2D eigenvalue weighted by Crippen LogP contribution is -2.32. The quantitative estimate of drug-likeness (QED) is 0.333. The molecule has 2 atom stereocenters. The van der Waals surface area contributed by atoms with Gasteiger partial charge in [-0.1, -0.05) is 30.3 Å².